The number of ether oxygens (including phenoxy) is 11. The second-order valence-electron chi connectivity index (χ2n) is 10.1. The van der Waals surface area contributed by atoms with Crippen LogP contribution in [0, 0.1) is 5.92 Å². The van der Waals surface area contributed by atoms with E-state index in [0.717, 1.165) is 38.7 Å². The van der Waals surface area contributed by atoms with Crippen molar-refractivity contribution in [2.75, 3.05) is 139 Å². The Hall–Kier alpha value is -0.930. The van der Waals surface area contributed by atoms with E-state index in [-0.39, 0.29) is 12.6 Å². The van der Waals surface area contributed by atoms with Crippen LogP contribution in [0.2, 0.25) is 0 Å². The predicted molar refractivity (Wildman–Crippen MR) is 167 cm³/mol. The first kappa shape index (κ1) is 43.1. The SMILES string of the molecule is CCCCCCC(=O)OCCOCCOCCOCCOCCOCCOCCOCCOCCOCCOCC(C)CC. The highest BCUT2D eigenvalue weighted by Crippen LogP contribution is 2.03. The monoisotopic (exact) mass is 640 g/mol. The zero-order valence-electron chi connectivity index (χ0n) is 28.1. The van der Waals surface area contributed by atoms with Crippen LogP contribution >= 0.6 is 0 Å². The van der Waals surface area contributed by atoms with Crippen molar-refractivity contribution in [3.05, 3.63) is 0 Å². The lowest BCUT2D eigenvalue weighted by Gasteiger charge is -2.10. The normalized spacial score (nSPS) is 12.2. The van der Waals surface area contributed by atoms with Gasteiger partial charge < -0.3 is 52.1 Å². The van der Waals surface area contributed by atoms with E-state index in [9.17, 15) is 4.79 Å². The molecule has 0 amide bonds. The van der Waals surface area contributed by atoms with Crippen LogP contribution in [0.1, 0.15) is 59.3 Å². The van der Waals surface area contributed by atoms with Gasteiger partial charge in [-0.25, -0.2) is 0 Å². The standard InChI is InChI=1S/C32H64O12/c1-4-6-7-8-9-32(33)44-29-28-42-25-24-40-21-20-38-17-16-36-13-12-34-10-11-35-14-15-37-18-19-39-22-23-41-26-27-43-30-31(3)5-2/h31H,4-30H2,1-3H3. The van der Waals surface area contributed by atoms with Crippen LogP contribution in [0.15, 0.2) is 0 Å². The summed E-state index contributed by atoms with van der Waals surface area (Å²) in [5, 5.41) is 0. The highest BCUT2D eigenvalue weighted by Gasteiger charge is 2.02. The van der Waals surface area contributed by atoms with Gasteiger partial charge in [0.15, 0.2) is 0 Å². The highest BCUT2D eigenvalue weighted by atomic mass is 16.6. The van der Waals surface area contributed by atoms with Gasteiger partial charge in [0.25, 0.3) is 0 Å². The Labute approximate surface area is 266 Å². The Balaban J connectivity index is 3.09. The van der Waals surface area contributed by atoms with E-state index < -0.39 is 0 Å². The molecule has 0 bridgehead atoms. The smallest absolute Gasteiger partial charge is 0.305 e. The Kier molecular flexibility index (Phi) is 37.4. The van der Waals surface area contributed by atoms with Crippen molar-refractivity contribution in [3.8, 4) is 0 Å². The summed E-state index contributed by atoms with van der Waals surface area (Å²) in [4.78, 5) is 11.5. The summed E-state index contributed by atoms with van der Waals surface area (Å²) < 4.78 is 59.8. The van der Waals surface area contributed by atoms with E-state index in [4.69, 9.17) is 52.1 Å². The third-order valence-corrected chi connectivity index (χ3v) is 6.17. The molecule has 12 heteroatoms. The highest BCUT2D eigenvalue weighted by molar-refractivity contribution is 5.69. The van der Waals surface area contributed by atoms with Gasteiger partial charge in [0.05, 0.1) is 126 Å². The number of carbonyl (C=O) groups is 1. The van der Waals surface area contributed by atoms with Gasteiger partial charge in [-0.3, -0.25) is 4.79 Å². The summed E-state index contributed by atoms with van der Waals surface area (Å²) in [6.45, 7) is 17.3. The van der Waals surface area contributed by atoms with E-state index in [1.807, 2.05) is 0 Å². The Morgan fingerprint density at radius 2 is 0.750 bits per heavy atom. The number of hydrogen-bond donors (Lipinski definition) is 0. The fourth-order valence-electron chi connectivity index (χ4n) is 3.36. The van der Waals surface area contributed by atoms with Crippen LogP contribution in [0.3, 0.4) is 0 Å². The van der Waals surface area contributed by atoms with Crippen LogP contribution < -0.4 is 0 Å². The van der Waals surface area contributed by atoms with Crippen LogP contribution in [0.25, 0.3) is 0 Å². The zero-order valence-corrected chi connectivity index (χ0v) is 28.1. The van der Waals surface area contributed by atoms with Crippen molar-refractivity contribution in [2.24, 2.45) is 5.92 Å². The molecule has 1 atom stereocenters. The third-order valence-electron chi connectivity index (χ3n) is 6.17. The minimum absolute atomic E-state index is 0.150. The minimum Gasteiger partial charge on any atom is -0.463 e. The summed E-state index contributed by atoms with van der Waals surface area (Å²) in [6.07, 6.45) is 5.90. The maximum Gasteiger partial charge on any atom is 0.305 e. The van der Waals surface area contributed by atoms with Crippen molar-refractivity contribution in [3.63, 3.8) is 0 Å². The fraction of sp³-hybridized carbons (Fsp3) is 0.969. The number of carbonyl (C=O) groups excluding carboxylic acids is 1. The van der Waals surface area contributed by atoms with Crippen molar-refractivity contribution >= 4 is 5.97 Å². The van der Waals surface area contributed by atoms with E-state index in [1.165, 1.54) is 0 Å². The molecule has 0 aliphatic heterocycles. The average molecular weight is 641 g/mol. The second-order valence-corrected chi connectivity index (χ2v) is 10.1. The van der Waals surface area contributed by atoms with Crippen LogP contribution in [-0.2, 0) is 56.9 Å². The van der Waals surface area contributed by atoms with Crippen molar-refractivity contribution < 1.29 is 56.9 Å². The van der Waals surface area contributed by atoms with Gasteiger partial charge in [-0.15, -0.1) is 0 Å². The number of esters is 1. The maximum absolute atomic E-state index is 11.5. The van der Waals surface area contributed by atoms with E-state index in [1.54, 1.807) is 0 Å². The van der Waals surface area contributed by atoms with Gasteiger partial charge in [-0.1, -0.05) is 46.5 Å². The Morgan fingerprint density at radius 3 is 1.07 bits per heavy atom. The molecule has 0 heterocycles. The Morgan fingerprint density at radius 1 is 0.432 bits per heavy atom. The molecule has 0 aromatic heterocycles. The summed E-state index contributed by atoms with van der Waals surface area (Å²) in [6, 6.07) is 0. The number of rotatable bonds is 38. The first-order valence-corrected chi connectivity index (χ1v) is 16.6. The van der Waals surface area contributed by atoms with E-state index in [2.05, 4.69) is 20.8 Å². The minimum atomic E-state index is -0.150. The summed E-state index contributed by atoms with van der Waals surface area (Å²) in [5.41, 5.74) is 0. The van der Waals surface area contributed by atoms with Crippen molar-refractivity contribution in [1.29, 1.82) is 0 Å². The molecule has 44 heavy (non-hydrogen) atoms. The zero-order chi connectivity index (χ0) is 32.0. The fourth-order valence-corrected chi connectivity index (χ4v) is 3.36. The number of unbranched alkanes of at least 4 members (excludes halogenated alkanes) is 3. The number of hydrogen-bond acceptors (Lipinski definition) is 12. The van der Waals surface area contributed by atoms with Gasteiger partial charge in [0, 0.05) is 13.0 Å². The second kappa shape index (κ2) is 38.3. The lowest BCUT2D eigenvalue weighted by molar-refractivity contribution is -0.145. The molecule has 0 N–H and O–H groups in total. The first-order valence-electron chi connectivity index (χ1n) is 16.6. The molecule has 0 rings (SSSR count). The molecule has 0 aromatic rings. The molecular weight excluding hydrogens is 576 g/mol. The largest absolute Gasteiger partial charge is 0.463 e. The lowest BCUT2D eigenvalue weighted by atomic mass is 10.1. The molecule has 0 aliphatic carbocycles. The summed E-state index contributed by atoms with van der Waals surface area (Å²) in [7, 11) is 0. The first-order chi connectivity index (χ1) is 21.7. The molecule has 264 valence electrons. The summed E-state index contributed by atoms with van der Waals surface area (Å²) in [5.74, 6) is 0.446. The topological polar surface area (TPSA) is 119 Å². The molecule has 0 saturated heterocycles. The molecule has 0 spiro atoms. The van der Waals surface area contributed by atoms with E-state index >= 15 is 0 Å². The van der Waals surface area contributed by atoms with Crippen LogP contribution in [0.5, 0.6) is 0 Å². The molecule has 0 aromatic carbocycles. The maximum atomic E-state index is 11.5. The Bertz CT molecular complexity index is 555. The van der Waals surface area contributed by atoms with Gasteiger partial charge in [-0.2, -0.15) is 0 Å². The molecular formula is C32H64O12. The molecule has 0 aliphatic rings. The van der Waals surface area contributed by atoms with Gasteiger partial charge in [0.1, 0.15) is 6.61 Å². The van der Waals surface area contributed by atoms with Crippen LogP contribution in [-0.4, -0.2) is 145 Å². The molecule has 12 nitrogen and oxygen atoms in total. The van der Waals surface area contributed by atoms with Crippen LogP contribution in [0.4, 0.5) is 0 Å². The van der Waals surface area contributed by atoms with Crippen molar-refractivity contribution in [2.45, 2.75) is 59.3 Å². The molecule has 0 fully saturated rings. The molecule has 1 unspecified atom stereocenters. The molecule has 0 saturated carbocycles. The van der Waals surface area contributed by atoms with Crippen molar-refractivity contribution in [1.82, 2.24) is 0 Å². The predicted octanol–water partition coefficient (Wildman–Crippen LogP) is 3.71. The van der Waals surface area contributed by atoms with Gasteiger partial charge in [0.2, 0.25) is 0 Å². The average Bonchev–Trinajstić information content (AvgIpc) is 3.03. The molecule has 0 radical (unpaired) electrons. The lowest BCUT2D eigenvalue weighted by Crippen LogP contribution is -2.15. The van der Waals surface area contributed by atoms with Gasteiger partial charge in [-0.05, 0) is 12.3 Å². The quantitative estimate of drug-likeness (QED) is 0.0723. The third kappa shape index (κ3) is 37.3. The van der Waals surface area contributed by atoms with Gasteiger partial charge >= 0.3 is 5.97 Å². The van der Waals surface area contributed by atoms with E-state index in [0.29, 0.717) is 138 Å². The summed E-state index contributed by atoms with van der Waals surface area (Å²) >= 11 is 0.